The van der Waals surface area contributed by atoms with Gasteiger partial charge in [-0.3, -0.25) is 9.69 Å². The fraction of sp³-hybridized carbons (Fsp3) is 0.938. The lowest BCUT2D eigenvalue weighted by Crippen LogP contribution is -2.53. The number of carbonyl (C=O) groups is 1. The molecule has 1 amide bonds. The highest BCUT2D eigenvalue weighted by Gasteiger charge is 2.38. The third kappa shape index (κ3) is 3.53. The predicted molar refractivity (Wildman–Crippen MR) is 82.8 cm³/mol. The van der Waals surface area contributed by atoms with Crippen molar-refractivity contribution in [2.75, 3.05) is 26.2 Å². The molecular weight excluding hydrogens is 250 g/mol. The van der Waals surface area contributed by atoms with E-state index in [1.165, 1.54) is 19.3 Å². The van der Waals surface area contributed by atoms with Crippen molar-refractivity contribution in [1.82, 2.24) is 15.1 Å². The number of hydrogen-bond donors (Lipinski definition) is 1. The summed E-state index contributed by atoms with van der Waals surface area (Å²) in [5.74, 6) is 0.373. The Hall–Kier alpha value is -0.610. The summed E-state index contributed by atoms with van der Waals surface area (Å²) < 4.78 is 0. The van der Waals surface area contributed by atoms with Crippen LogP contribution in [-0.2, 0) is 4.79 Å². The van der Waals surface area contributed by atoms with Gasteiger partial charge < -0.3 is 10.2 Å². The molecule has 0 saturated carbocycles. The lowest BCUT2D eigenvalue weighted by atomic mass is 10.0. The fourth-order valence-corrected chi connectivity index (χ4v) is 3.68. The molecule has 4 nitrogen and oxygen atoms in total. The summed E-state index contributed by atoms with van der Waals surface area (Å²) in [5.41, 5.74) is 0. The van der Waals surface area contributed by atoms with Crippen LogP contribution in [-0.4, -0.2) is 60.0 Å². The SMILES string of the molecule is CCCN(C(=O)C1CCCN1C1CCNCC1)C(C)C. The number of likely N-dealkylation sites (tertiary alicyclic amines) is 1. The average Bonchev–Trinajstić information content (AvgIpc) is 2.94. The molecule has 2 saturated heterocycles. The Kier molecular flexibility index (Phi) is 5.85. The van der Waals surface area contributed by atoms with E-state index < -0.39 is 0 Å². The minimum Gasteiger partial charge on any atom is -0.339 e. The first kappa shape index (κ1) is 15.8. The highest BCUT2D eigenvalue weighted by atomic mass is 16.2. The summed E-state index contributed by atoms with van der Waals surface area (Å²) in [4.78, 5) is 17.5. The van der Waals surface area contributed by atoms with Crippen LogP contribution in [0.25, 0.3) is 0 Å². The molecule has 2 heterocycles. The molecule has 20 heavy (non-hydrogen) atoms. The van der Waals surface area contributed by atoms with Gasteiger partial charge in [-0.25, -0.2) is 0 Å². The third-order valence-electron chi connectivity index (χ3n) is 4.73. The van der Waals surface area contributed by atoms with E-state index in [1.54, 1.807) is 0 Å². The maximum absolute atomic E-state index is 12.9. The maximum Gasteiger partial charge on any atom is 0.240 e. The number of piperidine rings is 1. The number of nitrogens with one attached hydrogen (secondary N) is 1. The first-order valence-electron chi connectivity index (χ1n) is 8.42. The zero-order valence-electron chi connectivity index (χ0n) is 13.4. The topological polar surface area (TPSA) is 35.6 Å². The molecule has 0 aliphatic carbocycles. The van der Waals surface area contributed by atoms with Gasteiger partial charge in [0.2, 0.25) is 5.91 Å². The molecule has 1 atom stereocenters. The van der Waals surface area contributed by atoms with Crippen molar-refractivity contribution in [3.8, 4) is 0 Å². The van der Waals surface area contributed by atoms with Crippen LogP contribution in [0.5, 0.6) is 0 Å². The number of hydrogen-bond acceptors (Lipinski definition) is 3. The Morgan fingerprint density at radius 1 is 1.30 bits per heavy atom. The highest BCUT2D eigenvalue weighted by Crippen LogP contribution is 2.26. The molecular formula is C16H31N3O. The first-order valence-corrected chi connectivity index (χ1v) is 8.42. The van der Waals surface area contributed by atoms with Crippen LogP contribution in [0, 0.1) is 0 Å². The van der Waals surface area contributed by atoms with Gasteiger partial charge in [0.25, 0.3) is 0 Å². The molecule has 0 radical (unpaired) electrons. The molecule has 2 aliphatic rings. The quantitative estimate of drug-likeness (QED) is 0.835. The van der Waals surface area contributed by atoms with Crippen molar-refractivity contribution in [2.24, 2.45) is 0 Å². The molecule has 1 unspecified atom stereocenters. The van der Waals surface area contributed by atoms with Crippen LogP contribution >= 0.6 is 0 Å². The predicted octanol–water partition coefficient (Wildman–Crippen LogP) is 1.85. The largest absolute Gasteiger partial charge is 0.339 e. The minimum absolute atomic E-state index is 0.145. The summed E-state index contributed by atoms with van der Waals surface area (Å²) in [6.45, 7) is 10.6. The molecule has 0 bridgehead atoms. The lowest BCUT2D eigenvalue weighted by molar-refractivity contribution is -0.138. The van der Waals surface area contributed by atoms with Crippen LogP contribution in [0.3, 0.4) is 0 Å². The number of carbonyl (C=O) groups excluding carboxylic acids is 1. The van der Waals surface area contributed by atoms with Gasteiger partial charge in [0.1, 0.15) is 0 Å². The van der Waals surface area contributed by atoms with Gasteiger partial charge in [-0.2, -0.15) is 0 Å². The second-order valence-electron chi connectivity index (χ2n) is 6.50. The molecule has 0 aromatic heterocycles. The van der Waals surface area contributed by atoms with Gasteiger partial charge in [-0.05, 0) is 65.6 Å². The smallest absolute Gasteiger partial charge is 0.240 e. The summed E-state index contributed by atoms with van der Waals surface area (Å²) in [6.07, 6.45) is 5.66. The van der Waals surface area contributed by atoms with Crippen molar-refractivity contribution in [3.05, 3.63) is 0 Å². The number of nitrogens with zero attached hydrogens (tertiary/aromatic N) is 2. The van der Waals surface area contributed by atoms with Gasteiger partial charge in [0, 0.05) is 18.6 Å². The number of amides is 1. The van der Waals surface area contributed by atoms with E-state index in [0.717, 1.165) is 39.0 Å². The Labute approximate surface area is 123 Å². The molecule has 2 aliphatic heterocycles. The van der Waals surface area contributed by atoms with E-state index in [9.17, 15) is 4.79 Å². The van der Waals surface area contributed by atoms with Crippen molar-refractivity contribution in [2.45, 2.75) is 71.0 Å². The van der Waals surface area contributed by atoms with Gasteiger partial charge in [-0.1, -0.05) is 6.92 Å². The average molecular weight is 281 g/mol. The summed E-state index contributed by atoms with van der Waals surface area (Å²) >= 11 is 0. The zero-order chi connectivity index (χ0) is 14.5. The monoisotopic (exact) mass is 281 g/mol. The molecule has 116 valence electrons. The Bertz CT molecular complexity index is 313. The second-order valence-corrected chi connectivity index (χ2v) is 6.50. The van der Waals surface area contributed by atoms with Crippen LogP contribution in [0.15, 0.2) is 0 Å². The van der Waals surface area contributed by atoms with Gasteiger partial charge in [-0.15, -0.1) is 0 Å². The zero-order valence-corrected chi connectivity index (χ0v) is 13.4. The van der Waals surface area contributed by atoms with Crippen LogP contribution in [0.4, 0.5) is 0 Å². The van der Waals surface area contributed by atoms with Gasteiger partial charge in [0.15, 0.2) is 0 Å². The summed E-state index contributed by atoms with van der Waals surface area (Å²) in [7, 11) is 0. The second kappa shape index (κ2) is 7.41. The van der Waals surface area contributed by atoms with Crippen LogP contribution in [0.1, 0.15) is 52.9 Å². The van der Waals surface area contributed by atoms with Gasteiger partial charge in [0.05, 0.1) is 6.04 Å². The molecule has 0 aromatic rings. The number of rotatable bonds is 5. The Morgan fingerprint density at radius 2 is 2.00 bits per heavy atom. The summed E-state index contributed by atoms with van der Waals surface area (Å²) in [6, 6.07) is 1.08. The standard InChI is InChI=1S/C16H31N3O/c1-4-11-18(13(2)3)16(20)15-6-5-12-19(15)14-7-9-17-10-8-14/h13-15,17H,4-12H2,1-3H3. The third-order valence-corrected chi connectivity index (χ3v) is 4.73. The normalized spacial score (nSPS) is 25.3. The lowest BCUT2D eigenvalue weighted by Gasteiger charge is -2.38. The van der Waals surface area contributed by atoms with Crippen molar-refractivity contribution < 1.29 is 4.79 Å². The Balaban J connectivity index is 2.02. The summed E-state index contributed by atoms with van der Waals surface area (Å²) in [5, 5.41) is 3.42. The fourth-order valence-electron chi connectivity index (χ4n) is 3.68. The van der Waals surface area contributed by atoms with Crippen LogP contribution in [0.2, 0.25) is 0 Å². The minimum atomic E-state index is 0.145. The van der Waals surface area contributed by atoms with E-state index in [4.69, 9.17) is 0 Å². The Morgan fingerprint density at radius 3 is 2.60 bits per heavy atom. The van der Waals surface area contributed by atoms with Crippen molar-refractivity contribution in [3.63, 3.8) is 0 Å². The molecule has 4 heteroatoms. The molecule has 2 rings (SSSR count). The van der Waals surface area contributed by atoms with Crippen molar-refractivity contribution >= 4 is 5.91 Å². The maximum atomic E-state index is 12.9. The van der Waals surface area contributed by atoms with Gasteiger partial charge >= 0.3 is 0 Å². The molecule has 0 aromatic carbocycles. The molecule has 2 fully saturated rings. The van der Waals surface area contributed by atoms with Crippen molar-refractivity contribution in [1.29, 1.82) is 0 Å². The van der Waals surface area contributed by atoms with E-state index in [1.807, 2.05) is 0 Å². The molecule has 1 N–H and O–H groups in total. The van der Waals surface area contributed by atoms with E-state index >= 15 is 0 Å². The first-order chi connectivity index (χ1) is 9.65. The van der Waals surface area contributed by atoms with E-state index in [0.29, 0.717) is 18.0 Å². The van der Waals surface area contributed by atoms with E-state index in [-0.39, 0.29) is 6.04 Å². The van der Waals surface area contributed by atoms with Crippen LogP contribution < -0.4 is 5.32 Å². The molecule has 0 spiro atoms. The highest BCUT2D eigenvalue weighted by molar-refractivity contribution is 5.82. The van der Waals surface area contributed by atoms with E-state index in [2.05, 4.69) is 35.9 Å².